The molecule has 2 fully saturated rings. The summed E-state index contributed by atoms with van der Waals surface area (Å²) in [5.41, 5.74) is 1.06. The summed E-state index contributed by atoms with van der Waals surface area (Å²) in [5.74, 6) is 0. The molecule has 0 radical (unpaired) electrons. The van der Waals surface area contributed by atoms with Crippen molar-refractivity contribution in [2.24, 2.45) is 0 Å². The van der Waals surface area contributed by atoms with Gasteiger partial charge in [0, 0.05) is 6.54 Å². The minimum Gasteiger partial charge on any atom is -0.322 e. The number of fused-ring (bicyclic) bond motifs is 1. The molecule has 0 amide bonds. The maximum absolute atomic E-state index is 6.31. The lowest BCUT2D eigenvalue weighted by Gasteiger charge is -2.29. The molecule has 2 aliphatic heterocycles. The number of benzene rings is 1. The van der Waals surface area contributed by atoms with Crippen molar-refractivity contribution in [2.45, 2.75) is 38.3 Å². The van der Waals surface area contributed by atoms with Crippen LogP contribution in [0.15, 0.2) is 30.3 Å². The van der Waals surface area contributed by atoms with Crippen LogP contribution in [0.5, 0.6) is 0 Å². The Morgan fingerprint density at radius 2 is 2.22 bits per heavy atom. The minimum absolute atomic E-state index is 0.210. The first-order chi connectivity index (χ1) is 8.75. The topological polar surface area (TPSA) is 21.7 Å². The number of hydrogen-bond donors (Lipinski definition) is 0. The van der Waals surface area contributed by atoms with Crippen molar-refractivity contribution in [3.05, 3.63) is 35.9 Å². The Morgan fingerprint density at radius 1 is 1.44 bits per heavy atom. The van der Waals surface area contributed by atoms with Crippen molar-refractivity contribution in [1.82, 2.24) is 4.67 Å². The maximum atomic E-state index is 6.31. The highest BCUT2D eigenvalue weighted by Crippen LogP contribution is 2.62. The van der Waals surface area contributed by atoms with Gasteiger partial charge in [0.15, 0.2) is 0 Å². The molecule has 1 unspecified atom stereocenters. The van der Waals surface area contributed by atoms with E-state index < -0.39 is 8.53 Å². The summed E-state index contributed by atoms with van der Waals surface area (Å²) in [7, 11) is -0.864. The summed E-state index contributed by atoms with van der Waals surface area (Å²) in [6, 6.07) is 11.0. The molecule has 1 aromatic carbocycles. The van der Waals surface area contributed by atoms with Gasteiger partial charge in [-0.15, -0.1) is 0 Å². The van der Waals surface area contributed by atoms with Gasteiger partial charge in [-0.2, -0.15) is 0 Å². The molecular weight excluding hydrogens is 245 g/mol. The lowest BCUT2D eigenvalue weighted by molar-refractivity contribution is 0.0793. The molecule has 98 valence electrons. The summed E-state index contributed by atoms with van der Waals surface area (Å²) in [4.78, 5) is 0. The zero-order valence-corrected chi connectivity index (χ0v) is 11.9. The lowest BCUT2D eigenvalue weighted by Crippen LogP contribution is -2.36. The number of rotatable bonds is 3. The SMILES string of the molecule is CCOP1O[C@@](C)(c2ccccc2)[C@H]2CCCN21. The van der Waals surface area contributed by atoms with E-state index in [1.54, 1.807) is 0 Å². The molecule has 4 heteroatoms. The van der Waals surface area contributed by atoms with E-state index in [1.165, 1.54) is 18.4 Å². The largest absolute Gasteiger partial charge is 0.322 e. The monoisotopic (exact) mass is 265 g/mol. The first-order valence-corrected chi connectivity index (χ1v) is 7.83. The van der Waals surface area contributed by atoms with Gasteiger partial charge in [0.25, 0.3) is 8.53 Å². The van der Waals surface area contributed by atoms with E-state index in [2.05, 4.69) is 41.9 Å². The molecule has 2 saturated heterocycles. The Bertz CT molecular complexity index is 414. The normalized spacial score (nSPS) is 35.9. The average molecular weight is 265 g/mol. The third-order valence-corrected chi connectivity index (χ3v) is 5.84. The van der Waals surface area contributed by atoms with Gasteiger partial charge in [0.05, 0.1) is 12.6 Å². The molecule has 2 heterocycles. The summed E-state index contributed by atoms with van der Waals surface area (Å²) in [6.45, 7) is 6.08. The summed E-state index contributed by atoms with van der Waals surface area (Å²) in [5, 5.41) is 0. The van der Waals surface area contributed by atoms with Gasteiger partial charge in [-0.05, 0) is 32.3 Å². The molecular formula is C14H20NO2P. The number of nitrogens with zero attached hydrogens (tertiary/aromatic N) is 1. The van der Waals surface area contributed by atoms with Gasteiger partial charge >= 0.3 is 0 Å². The van der Waals surface area contributed by atoms with Crippen molar-refractivity contribution in [3.63, 3.8) is 0 Å². The predicted molar refractivity (Wildman–Crippen MR) is 73.2 cm³/mol. The smallest absolute Gasteiger partial charge is 0.260 e. The molecule has 3 rings (SSSR count). The van der Waals surface area contributed by atoms with Gasteiger partial charge < -0.3 is 9.05 Å². The van der Waals surface area contributed by atoms with E-state index in [1.807, 2.05) is 6.92 Å². The van der Waals surface area contributed by atoms with E-state index in [9.17, 15) is 0 Å². The molecule has 0 aromatic heterocycles. The highest BCUT2D eigenvalue weighted by Gasteiger charge is 2.54. The second-order valence-electron chi connectivity index (χ2n) is 5.04. The van der Waals surface area contributed by atoms with Gasteiger partial charge in [0.2, 0.25) is 0 Å². The molecule has 2 aliphatic rings. The quantitative estimate of drug-likeness (QED) is 0.778. The van der Waals surface area contributed by atoms with Crippen LogP contribution in [0, 0.1) is 0 Å². The van der Waals surface area contributed by atoms with Crippen LogP contribution in [-0.4, -0.2) is 23.9 Å². The van der Waals surface area contributed by atoms with E-state index >= 15 is 0 Å². The Balaban J connectivity index is 1.92. The number of hydrogen-bond acceptors (Lipinski definition) is 3. The molecule has 0 bridgehead atoms. The Kier molecular flexibility index (Phi) is 3.42. The molecule has 0 spiro atoms. The van der Waals surface area contributed by atoms with Crippen LogP contribution in [-0.2, 0) is 14.6 Å². The molecule has 3 atom stereocenters. The minimum atomic E-state index is -0.864. The van der Waals surface area contributed by atoms with Gasteiger partial charge in [-0.25, -0.2) is 4.67 Å². The van der Waals surface area contributed by atoms with E-state index in [-0.39, 0.29) is 5.60 Å². The van der Waals surface area contributed by atoms with Crippen molar-refractivity contribution in [3.8, 4) is 0 Å². The first-order valence-electron chi connectivity index (χ1n) is 6.70. The Hall–Kier alpha value is -0.470. The van der Waals surface area contributed by atoms with Gasteiger partial charge in [-0.3, -0.25) is 0 Å². The van der Waals surface area contributed by atoms with E-state index in [4.69, 9.17) is 9.05 Å². The fraction of sp³-hybridized carbons (Fsp3) is 0.571. The van der Waals surface area contributed by atoms with Crippen molar-refractivity contribution in [2.75, 3.05) is 13.2 Å². The van der Waals surface area contributed by atoms with Gasteiger partial charge in [-0.1, -0.05) is 30.3 Å². The van der Waals surface area contributed by atoms with Crippen LogP contribution in [0.3, 0.4) is 0 Å². The van der Waals surface area contributed by atoms with Crippen LogP contribution in [0.2, 0.25) is 0 Å². The molecule has 1 aromatic rings. The highest BCUT2D eigenvalue weighted by atomic mass is 31.2. The van der Waals surface area contributed by atoms with Crippen LogP contribution >= 0.6 is 8.53 Å². The van der Waals surface area contributed by atoms with Crippen LogP contribution in [0.4, 0.5) is 0 Å². The molecule has 3 nitrogen and oxygen atoms in total. The van der Waals surface area contributed by atoms with Gasteiger partial charge in [0.1, 0.15) is 5.60 Å². The van der Waals surface area contributed by atoms with Crippen LogP contribution in [0.25, 0.3) is 0 Å². The van der Waals surface area contributed by atoms with Crippen molar-refractivity contribution < 1.29 is 9.05 Å². The van der Waals surface area contributed by atoms with E-state index in [0.717, 1.165) is 13.2 Å². The van der Waals surface area contributed by atoms with Crippen LogP contribution in [0.1, 0.15) is 32.3 Å². The molecule has 0 aliphatic carbocycles. The Labute approximate surface area is 110 Å². The highest BCUT2D eigenvalue weighted by molar-refractivity contribution is 7.45. The van der Waals surface area contributed by atoms with Crippen molar-refractivity contribution >= 4 is 8.53 Å². The fourth-order valence-corrected chi connectivity index (χ4v) is 4.95. The third-order valence-electron chi connectivity index (χ3n) is 3.92. The second kappa shape index (κ2) is 4.90. The molecule has 18 heavy (non-hydrogen) atoms. The predicted octanol–water partition coefficient (Wildman–Crippen LogP) is 3.66. The first kappa shape index (κ1) is 12.6. The zero-order valence-electron chi connectivity index (χ0n) is 11.0. The summed E-state index contributed by atoms with van der Waals surface area (Å²) in [6.07, 6.45) is 2.46. The maximum Gasteiger partial charge on any atom is 0.260 e. The fourth-order valence-electron chi connectivity index (χ4n) is 3.01. The lowest BCUT2D eigenvalue weighted by atomic mass is 9.87. The summed E-state index contributed by atoms with van der Waals surface area (Å²) >= 11 is 0. The zero-order chi connectivity index (χ0) is 12.6. The molecule has 0 N–H and O–H groups in total. The van der Waals surface area contributed by atoms with E-state index in [0.29, 0.717) is 6.04 Å². The van der Waals surface area contributed by atoms with Crippen LogP contribution < -0.4 is 0 Å². The third kappa shape index (κ3) is 1.90. The Morgan fingerprint density at radius 3 is 2.94 bits per heavy atom. The van der Waals surface area contributed by atoms with Crippen molar-refractivity contribution in [1.29, 1.82) is 0 Å². The second-order valence-corrected chi connectivity index (χ2v) is 6.47. The average Bonchev–Trinajstić information content (AvgIpc) is 2.97. The molecule has 0 saturated carbocycles. The standard InChI is InChI=1S/C14H20NO2P/c1-3-16-18-15-11-7-10-13(15)14(2,17-18)12-8-5-4-6-9-12/h4-6,8-9,13H,3,7,10-11H2,1-2H3/t13-,14+,18?/m1/s1. The summed E-state index contributed by atoms with van der Waals surface area (Å²) < 4.78 is 14.5.